The lowest BCUT2D eigenvalue weighted by atomic mass is 10.0. The average Bonchev–Trinajstić information content (AvgIpc) is 2.79. The average molecular weight is 447 g/mol. The van der Waals surface area contributed by atoms with Crippen molar-refractivity contribution < 1.29 is 22.7 Å². The number of piperazine rings is 1. The molecule has 1 saturated heterocycles. The fourth-order valence-electron chi connectivity index (χ4n) is 3.42. The third-order valence-corrected chi connectivity index (χ3v) is 7.28. The molecule has 0 saturated carbocycles. The van der Waals surface area contributed by atoms with Crippen molar-refractivity contribution in [1.82, 2.24) is 9.21 Å². The second-order valence-corrected chi connectivity index (χ2v) is 9.72. The molecule has 7 nitrogen and oxygen atoms in total. The summed E-state index contributed by atoms with van der Waals surface area (Å²) in [5.74, 6) is 0.934. The molecule has 0 atom stereocenters. The Balaban J connectivity index is 1.59. The largest absolute Gasteiger partial charge is 0.491 e. The maximum Gasteiger partial charge on any atom is 0.253 e. The minimum Gasteiger partial charge on any atom is -0.491 e. The van der Waals surface area contributed by atoms with Crippen LogP contribution >= 0.6 is 0 Å². The van der Waals surface area contributed by atoms with Crippen molar-refractivity contribution in [2.24, 2.45) is 0 Å². The van der Waals surface area contributed by atoms with Gasteiger partial charge in [0.15, 0.2) is 0 Å². The lowest BCUT2D eigenvalue weighted by Crippen LogP contribution is -2.50. The second kappa shape index (κ2) is 10.3. The van der Waals surface area contributed by atoms with Gasteiger partial charge in [0.05, 0.1) is 11.5 Å². The molecule has 1 amide bonds. The number of carbonyl (C=O) groups is 1. The fraction of sp³-hybridized carbons (Fsp3) is 0.435. The lowest BCUT2D eigenvalue weighted by molar-refractivity contribution is 0.0698. The number of rotatable bonds is 8. The third-order valence-electron chi connectivity index (χ3n) is 5.37. The SMILES string of the molecule is COCCOc1ccc(S(=O)(=O)N2CCN(C(=O)c3ccc(C(C)C)cc3)CC2)cc1. The first-order valence-corrected chi connectivity index (χ1v) is 11.9. The third kappa shape index (κ3) is 5.64. The summed E-state index contributed by atoms with van der Waals surface area (Å²) in [6, 6.07) is 14.0. The van der Waals surface area contributed by atoms with E-state index in [1.165, 1.54) is 9.87 Å². The number of hydrogen-bond donors (Lipinski definition) is 0. The number of carbonyl (C=O) groups excluding carboxylic acids is 1. The first-order chi connectivity index (χ1) is 14.8. The molecule has 1 fully saturated rings. The zero-order valence-corrected chi connectivity index (χ0v) is 19.1. The molecule has 2 aromatic carbocycles. The van der Waals surface area contributed by atoms with Crippen LogP contribution in [0.2, 0.25) is 0 Å². The Morgan fingerprint density at radius 1 is 0.935 bits per heavy atom. The number of amides is 1. The first kappa shape index (κ1) is 23.2. The van der Waals surface area contributed by atoms with E-state index >= 15 is 0 Å². The van der Waals surface area contributed by atoms with Gasteiger partial charge in [-0.3, -0.25) is 4.79 Å². The predicted molar refractivity (Wildman–Crippen MR) is 119 cm³/mol. The highest BCUT2D eigenvalue weighted by Gasteiger charge is 2.30. The Kier molecular flexibility index (Phi) is 7.69. The van der Waals surface area contributed by atoms with Crippen molar-refractivity contribution in [3.63, 3.8) is 0 Å². The maximum atomic E-state index is 13.0. The molecule has 1 aliphatic rings. The van der Waals surface area contributed by atoms with E-state index in [1.807, 2.05) is 24.3 Å². The minimum absolute atomic E-state index is 0.0649. The Labute approximate surface area is 184 Å². The Morgan fingerprint density at radius 3 is 2.10 bits per heavy atom. The molecule has 2 aromatic rings. The van der Waals surface area contributed by atoms with Gasteiger partial charge in [0.25, 0.3) is 5.91 Å². The highest BCUT2D eigenvalue weighted by Crippen LogP contribution is 2.22. The summed E-state index contributed by atoms with van der Waals surface area (Å²) in [6.07, 6.45) is 0. The zero-order valence-electron chi connectivity index (χ0n) is 18.3. The first-order valence-electron chi connectivity index (χ1n) is 10.4. The maximum absolute atomic E-state index is 13.0. The zero-order chi connectivity index (χ0) is 22.4. The van der Waals surface area contributed by atoms with Crippen molar-refractivity contribution in [2.75, 3.05) is 46.5 Å². The summed E-state index contributed by atoms with van der Waals surface area (Å²) in [5.41, 5.74) is 1.81. The van der Waals surface area contributed by atoms with Crippen molar-refractivity contribution in [3.05, 3.63) is 59.7 Å². The van der Waals surface area contributed by atoms with Crippen molar-refractivity contribution in [2.45, 2.75) is 24.7 Å². The molecule has 3 rings (SSSR count). The van der Waals surface area contributed by atoms with E-state index in [0.717, 1.165) is 0 Å². The second-order valence-electron chi connectivity index (χ2n) is 7.79. The summed E-state index contributed by atoms with van der Waals surface area (Å²) in [5, 5.41) is 0. The van der Waals surface area contributed by atoms with Gasteiger partial charge >= 0.3 is 0 Å². The molecule has 0 spiro atoms. The highest BCUT2D eigenvalue weighted by molar-refractivity contribution is 7.89. The van der Waals surface area contributed by atoms with Crippen molar-refractivity contribution >= 4 is 15.9 Å². The predicted octanol–water partition coefficient (Wildman–Crippen LogP) is 2.98. The van der Waals surface area contributed by atoms with Gasteiger partial charge in [-0.25, -0.2) is 8.42 Å². The lowest BCUT2D eigenvalue weighted by Gasteiger charge is -2.34. The number of ether oxygens (including phenoxy) is 2. The molecule has 1 heterocycles. The van der Waals surface area contributed by atoms with Crippen molar-refractivity contribution in [3.8, 4) is 5.75 Å². The molecule has 0 bridgehead atoms. The van der Waals surface area contributed by atoms with E-state index in [1.54, 1.807) is 36.3 Å². The smallest absolute Gasteiger partial charge is 0.253 e. The molecular formula is C23H30N2O5S. The van der Waals surface area contributed by atoms with E-state index in [4.69, 9.17) is 9.47 Å². The Hall–Kier alpha value is -2.42. The van der Waals surface area contributed by atoms with Crippen LogP contribution in [0, 0.1) is 0 Å². The molecule has 0 unspecified atom stereocenters. The van der Waals surface area contributed by atoms with Crippen LogP contribution < -0.4 is 4.74 Å². The van der Waals surface area contributed by atoms with Crippen LogP contribution in [0.15, 0.2) is 53.4 Å². The molecule has 31 heavy (non-hydrogen) atoms. The number of benzene rings is 2. The van der Waals surface area contributed by atoms with Gasteiger partial charge in [0.2, 0.25) is 10.0 Å². The topological polar surface area (TPSA) is 76.2 Å². The fourth-order valence-corrected chi connectivity index (χ4v) is 4.85. The summed E-state index contributed by atoms with van der Waals surface area (Å²) in [7, 11) is -2.03. The minimum atomic E-state index is -3.62. The monoisotopic (exact) mass is 446 g/mol. The van der Waals surface area contributed by atoms with Crippen LogP contribution in [0.3, 0.4) is 0 Å². The Bertz CT molecular complexity index is 964. The van der Waals surface area contributed by atoms with Crippen LogP contribution in [0.4, 0.5) is 0 Å². The quantitative estimate of drug-likeness (QED) is 0.583. The molecule has 0 radical (unpaired) electrons. The standard InChI is InChI=1S/C23H30N2O5S/c1-18(2)19-4-6-20(7-5-19)23(26)24-12-14-25(15-13-24)31(27,28)22-10-8-21(9-11-22)30-17-16-29-3/h4-11,18H,12-17H2,1-3H3. The summed E-state index contributed by atoms with van der Waals surface area (Å²) in [4.78, 5) is 14.7. The van der Waals surface area contributed by atoms with Crippen LogP contribution in [-0.2, 0) is 14.8 Å². The number of nitrogens with zero attached hydrogens (tertiary/aromatic N) is 2. The van der Waals surface area contributed by atoms with Gasteiger partial charge in [-0.15, -0.1) is 0 Å². The number of hydrogen-bond acceptors (Lipinski definition) is 5. The summed E-state index contributed by atoms with van der Waals surface area (Å²) < 4.78 is 37.8. The van der Waals surface area contributed by atoms with E-state index < -0.39 is 10.0 Å². The van der Waals surface area contributed by atoms with Gasteiger partial charge in [-0.05, 0) is 47.9 Å². The molecule has 0 aliphatic carbocycles. The highest BCUT2D eigenvalue weighted by atomic mass is 32.2. The van der Waals surface area contributed by atoms with E-state index in [9.17, 15) is 13.2 Å². The Morgan fingerprint density at radius 2 is 1.55 bits per heavy atom. The van der Waals surface area contributed by atoms with Crippen LogP contribution in [0.25, 0.3) is 0 Å². The molecule has 1 aliphatic heterocycles. The molecule has 168 valence electrons. The normalized spacial score (nSPS) is 15.3. The number of methoxy groups -OCH3 is 1. The van der Waals surface area contributed by atoms with E-state index in [2.05, 4.69) is 13.8 Å². The van der Waals surface area contributed by atoms with Crippen LogP contribution in [0.5, 0.6) is 5.75 Å². The molecule has 8 heteroatoms. The summed E-state index contributed by atoms with van der Waals surface area (Å²) in [6.45, 7) is 6.35. The molecule has 0 aromatic heterocycles. The van der Waals surface area contributed by atoms with Gasteiger partial charge in [0, 0.05) is 38.9 Å². The van der Waals surface area contributed by atoms with E-state index in [0.29, 0.717) is 43.5 Å². The van der Waals surface area contributed by atoms with Gasteiger partial charge in [0.1, 0.15) is 12.4 Å². The van der Waals surface area contributed by atoms with E-state index in [-0.39, 0.29) is 23.9 Å². The van der Waals surface area contributed by atoms with Crippen LogP contribution in [-0.4, -0.2) is 70.0 Å². The van der Waals surface area contributed by atoms with Crippen LogP contribution in [0.1, 0.15) is 35.7 Å². The molecule has 0 N–H and O–H groups in total. The number of sulfonamides is 1. The summed E-state index contributed by atoms with van der Waals surface area (Å²) >= 11 is 0. The molecular weight excluding hydrogens is 416 g/mol. The van der Waals surface area contributed by atoms with Gasteiger partial charge in [-0.2, -0.15) is 4.31 Å². The van der Waals surface area contributed by atoms with Gasteiger partial charge < -0.3 is 14.4 Å². The van der Waals surface area contributed by atoms with Gasteiger partial charge in [-0.1, -0.05) is 26.0 Å². The van der Waals surface area contributed by atoms with Crippen molar-refractivity contribution in [1.29, 1.82) is 0 Å².